The average molecular weight is 245 g/mol. The van der Waals surface area contributed by atoms with E-state index in [1.165, 1.54) is 19.3 Å². The van der Waals surface area contributed by atoms with E-state index in [4.69, 9.17) is 0 Å². The SMILES string of the molecule is Cc1ccc(O)c(C(=O)C=CN2CCCCC2)c1. The van der Waals surface area contributed by atoms with Gasteiger partial charge in [-0.25, -0.2) is 0 Å². The maximum Gasteiger partial charge on any atom is 0.191 e. The van der Waals surface area contributed by atoms with E-state index in [2.05, 4.69) is 4.90 Å². The Morgan fingerprint density at radius 1 is 1.28 bits per heavy atom. The van der Waals surface area contributed by atoms with Crippen LogP contribution in [-0.4, -0.2) is 28.9 Å². The van der Waals surface area contributed by atoms with Crippen molar-refractivity contribution in [3.8, 4) is 5.75 Å². The zero-order chi connectivity index (χ0) is 13.0. The molecule has 3 heteroatoms. The molecule has 1 N–H and O–H groups in total. The third kappa shape index (κ3) is 3.13. The highest BCUT2D eigenvalue weighted by Gasteiger charge is 2.10. The number of aromatic hydroxyl groups is 1. The van der Waals surface area contributed by atoms with Crippen LogP contribution in [0.15, 0.2) is 30.5 Å². The maximum absolute atomic E-state index is 12.0. The third-order valence-corrected chi connectivity index (χ3v) is 3.24. The number of ketones is 1. The van der Waals surface area contributed by atoms with Crippen molar-refractivity contribution < 1.29 is 9.90 Å². The number of phenolic OH excluding ortho intramolecular Hbond substituents is 1. The minimum atomic E-state index is -0.137. The van der Waals surface area contributed by atoms with Crippen LogP contribution in [0.25, 0.3) is 0 Å². The lowest BCUT2D eigenvalue weighted by Gasteiger charge is -2.24. The molecule has 1 aromatic rings. The van der Waals surface area contributed by atoms with Crippen LogP contribution < -0.4 is 0 Å². The number of piperidine rings is 1. The molecule has 1 saturated heterocycles. The quantitative estimate of drug-likeness (QED) is 0.657. The monoisotopic (exact) mass is 245 g/mol. The van der Waals surface area contributed by atoms with Gasteiger partial charge in [-0.2, -0.15) is 0 Å². The van der Waals surface area contributed by atoms with E-state index in [0.717, 1.165) is 18.7 Å². The Kier molecular flexibility index (Phi) is 4.03. The number of likely N-dealkylation sites (tertiary alicyclic amines) is 1. The molecule has 0 radical (unpaired) electrons. The van der Waals surface area contributed by atoms with Crippen LogP contribution in [-0.2, 0) is 0 Å². The van der Waals surface area contributed by atoms with E-state index < -0.39 is 0 Å². The summed E-state index contributed by atoms with van der Waals surface area (Å²) in [6.07, 6.45) is 7.06. The number of carbonyl (C=O) groups is 1. The number of rotatable bonds is 3. The number of hydrogen-bond donors (Lipinski definition) is 1. The molecule has 2 rings (SSSR count). The van der Waals surface area contributed by atoms with Gasteiger partial charge in [0.1, 0.15) is 5.75 Å². The number of hydrogen-bond acceptors (Lipinski definition) is 3. The summed E-state index contributed by atoms with van der Waals surface area (Å²) < 4.78 is 0. The summed E-state index contributed by atoms with van der Waals surface area (Å²) in [6, 6.07) is 5.08. The van der Waals surface area contributed by atoms with Crippen LogP contribution in [0, 0.1) is 6.92 Å². The summed E-state index contributed by atoms with van der Waals surface area (Å²) in [5, 5.41) is 9.67. The van der Waals surface area contributed by atoms with Gasteiger partial charge in [0, 0.05) is 25.4 Å². The molecular formula is C15H19NO2. The molecule has 0 amide bonds. The van der Waals surface area contributed by atoms with Gasteiger partial charge in [-0.15, -0.1) is 0 Å². The van der Waals surface area contributed by atoms with Gasteiger partial charge in [-0.1, -0.05) is 11.6 Å². The van der Waals surface area contributed by atoms with E-state index in [1.807, 2.05) is 13.1 Å². The number of benzene rings is 1. The first-order valence-electron chi connectivity index (χ1n) is 6.43. The van der Waals surface area contributed by atoms with Crippen molar-refractivity contribution in [2.75, 3.05) is 13.1 Å². The third-order valence-electron chi connectivity index (χ3n) is 3.24. The molecule has 0 saturated carbocycles. The molecule has 1 aliphatic rings. The van der Waals surface area contributed by atoms with E-state index in [0.29, 0.717) is 5.56 Å². The van der Waals surface area contributed by atoms with Crippen LogP contribution in [0.5, 0.6) is 5.75 Å². The molecule has 1 heterocycles. The number of aryl methyl sites for hydroxylation is 1. The second-order valence-corrected chi connectivity index (χ2v) is 4.80. The van der Waals surface area contributed by atoms with E-state index in [1.54, 1.807) is 24.3 Å². The largest absolute Gasteiger partial charge is 0.507 e. The summed E-state index contributed by atoms with van der Waals surface area (Å²) in [7, 11) is 0. The molecule has 0 spiro atoms. The molecule has 1 fully saturated rings. The Balaban J connectivity index is 2.06. The standard InChI is InChI=1S/C15H19NO2/c1-12-5-6-14(17)13(11-12)15(18)7-10-16-8-3-2-4-9-16/h5-7,10-11,17H,2-4,8-9H2,1H3. The molecule has 0 bridgehead atoms. The summed E-state index contributed by atoms with van der Waals surface area (Å²) in [6.45, 7) is 3.94. The number of phenols is 1. The fourth-order valence-electron chi connectivity index (χ4n) is 2.18. The number of nitrogens with zero attached hydrogens (tertiary/aromatic N) is 1. The van der Waals surface area contributed by atoms with E-state index in [9.17, 15) is 9.90 Å². The smallest absolute Gasteiger partial charge is 0.191 e. The maximum atomic E-state index is 12.0. The zero-order valence-corrected chi connectivity index (χ0v) is 10.7. The molecule has 96 valence electrons. The predicted molar refractivity (Wildman–Crippen MR) is 71.7 cm³/mol. The number of allylic oxidation sites excluding steroid dienone is 1. The van der Waals surface area contributed by atoms with Crippen molar-refractivity contribution >= 4 is 5.78 Å². The van der Waals surface area contributed by atoms with Crippen LogP contribution in [0.2, 0.25) is 0 Å². The minimum absolute atomic E-state index is 0.0499. The van der Waals surface area contributed by atoms with Gasteiger partial charge in [0.05, 0.1) is 5.56 Å². The van der Waals surface area contributed by atoms with E-state index in [-0.39, 0.29) is 11.5 Å². The first-order valence-corrected chi connectivity index (χ1v) is 6.43. The van der Waals surface area contributed by atoms with Gasteiger partial charge in [0.15, 0.2) is 5.78 Å². The predicted octanol–water partition coefficient (Wildman–Crippen LogP) is 2.88. The molecule has 18 heavy (non-hydrogen) atoms. The highest BCUT2D eigenvalue weighted by Crippen LogP contribution is 2.19. The highest BCUT2D eigenvalue weighted by atomic mass is 16.3. The molecule has 1 aliphatic heterocycles. The van der Waals surface area contributed by atoms with Crippen LogP contribution in [0.3, 0.4) is 0 Å². The summed E-state index contributed by atoms with van der Waals surface area (Å²) in [4.78, 5) is 14.1. The topological polar surface area (TPSA) is 40.5 Å². The molecule has 0 unspecified atom stereocenters. The van der Waals surface area contributed by atoms with Gasteiger partial charge in [0.25, 0.3) is 0 Å². The van der Waals surface area contributed by atoms with Crippen molar-refractivity contribution in [2.45, 2.75) is 26.2 Å². The average Bonchev–Trinajstić information content (AvgIpc) is 2.40. The molecule has 0 atom stereocenters. The molecule has 0 aromatic heterocycles. The summed E-state index contributed by atoms with van der Waals surface area (Å²) >= 11 is 0. The second kappa shape index (κ2) is 5.71. The molecule has 1 aromatic carbocycles. The van der Waals surface area contributed by atoms with Crippen LogP contribution >= 0.6 is 0 Å². The molecule has 3 nitrogen and oxygen atoms in total. The van der Waals surface area contributed by atoms with Crippen molar-refractivity contribution in [3.05, 3.63) is 41.6 Å². The van der Waals surface area contributed by atoms with Gasteiger partial charge in [0.2, 0.25) is 0 Å². The first-order chi connectivity index (χ1) is 8.66. The van der Waals surface area contributed by atoms with Gasteiger partial charge >= 0.3 is 0 Å². The van der Waals surface area contributed by atoms with Crippen LogP contribution in [0.4, 0.5) is 0 Å². The van der Waals surface area contributed by atoms with E-state index >= 15 is 0 Å². The normalized spacial score (nSPS) is 16.2. The Hall–Kier alpha value is -1.77. The van der Waals surface area contributed by atoms with Gasteiger partial charge in [-0.3, -0.25) is 4.79 Å². The van der Waals surface area contributed by atoms with Crippen LogP contribution in [0.1, 0.15) is 35.2 Å². The Morgan fingerprint density at radius 2 is 2.00 bits per heavy atom. The highest BCUT2D eigenvalue weighted by molar-refractivity contribution is 6.06. The first kappa shape index (κ1) is 12.7. The fraction of sp³-hybridized carbons (Fsp3) is 0.400. The molecule has 0 aliphatic carbocycles. The number of carbonyl (C=O) groups excluding carboxylic acids is 1. The van der Waals surface area contributed by atoms with Crippen molar-refractivity contribution in [1.29, 1.82) is 0 Å². The zero-order valence-electron chi connectivity index (χ0n) is 10.7. The van der Waals surface area contributed by atoms with Gasteiger partial charge < -0.3 is 10.0 Å². The lowest BCUT2D eigenvalue weighted by molar-refractivity contribution is 0.104. The summed E-state index contributed by atoms with van der Waals surface area (Å²) in [5.74, 6) is -0.0873. The lowest BCUT2D eigenvalue weighted by Crippen LogP contribution is -2.24. The Bertz CT molecular complexity index is 460. The molecular weight excluding hydrogens is 226 g/mol. The lowest BCUT2D eigenvalue weighted by atomic mass is 10.1. The summed E-state index contributed by atoms with van der Waals surface area (Å²) in [5.41, 5.74) is 1.35. The van der Waals surface area contributed by atoms with Gasteiger partial charge in [-0.05, 0) is 38.3 Å². The van der Waals surface area contributed by atoms with Crippen molar-refractivity contribution in [1.82, 2.24) is 4.90 Å². The Morgan fingerprint density at radius 3 is 2.72 bits per heavy atom. The van der Waals surface area contributed by atoms with Crippen molar-refractivity contribution in [2.24, 2.45) is 0 Å². The van der Waals surface area contributed by atoms with Crippen molar-refractivity contribution in [3.63, 3.8) is 0 Å². The second-order valence-electron chi connectivity index (χ2n) is 4.80. The Labute approximate surface area is 108 Å². The minimum Gasteiger partial charge on any atom is -0.507 e. The fourth-order valence-corrected chi connectivity index (χ4v) is 2.18.